The molecule has 0 spiro atoms. The predicted octanol–water partition coefficient (Wildman–Crippen LogP) is 18.5. The van der Waals surface area contributed by atoms with Crippen molar-refractivity contribution in [1.82, 2.24) is 42.4 Å². The number of ether oxygens (including phenoxy) is 6. The van der Waals surface area contributed by atoms with Crippen LogP contribution in [0.15, 0.2) is 237 Å². The lowest BCUT2D eigenvalue weighted by Gasteiger charge is -2.32. The average molecular weight is 1250 g/mol. The van der Waals surface area contributed by atoms with E-state index in [0.29, 0.717) is 34.5 Å². The molecule has 9 heterocycles. The molecular formula is C81H57N9O6. The second-order valence-corrected chi connectivity index (χ2v) is 24.1. The summed E-state index contributed by atoms with van der Waals surface area (Å²) < 4.78 is 51.9. The number of nitrogens with zero attached hydrogens (tertiary/aromatic N) is 9. The SMILES string of the molecule is COc1ccc2c(c1)c1cc(OC)ccc1n2-c1c(-n2c3ccccc3c3ncccc32)c(-n2c3ccc(OC)cc3c3cc(OC)ccc32)c(-n2c3ccccc3c3ncccc32)c(-n2c3ccc(OC)cc3c3cc(OC)ccc32)c1-n1c2ccccc2c2ncccc21. The number of hydrogen-bond acceptors (Lipinski definition) is 9. The third-order valence-electron chi connectivity index (χ3n) is 19.5. The van der Waals surface area contributed by atoms with Crippen molar-refractivity contribution >= 4 is 131 Å². The summed E-state index contributed by atoms with van der Waals surface area (Å²) in [4.78, 5) is 16.0. The summed E-state index contributed by atoms with van der Waals surface area (Å²) in [6.07, 6.45) is 5.68. The number of rotatable bonds is 12. The van der Waals surface area contributed by atoms with Crippen LogP contribution in [0.3, 0.4) is 0 Å². The largest absolute Gasteiger partial charge is 0.497 e. The minimum absolute atomic E-state index is 0.704. The van der Waals surface area contributed by atoms with Crippen molar-refractivity contribution in [3.63, 3.8) is 0 Å². The first-order valence-corrected chi connectivity index (χ1v) is 31.7. The number of fused-ring (bicyclic) bond motifs is 18. The molecule has 0 unspecified atom stereocenters. The topological polar surface area (TPSA) is 124 Å². The number of benzene rings is 10. The fourth-order valence-corrected chi connectivity index (χ4v) is 15.4. The summed E-state index contributed by atoms with van der Waals surface area (Å²) >= 11 is 0. The Bertz CT molecular complexity index is 5530. The third kappa shape index (κ3) is 7.55. The van der Waals surface area contributed by atoms with Crippen LogP contribution in [0.2, 0.25) is 0 Å². The summed E-state index contributed by atoms with van der Waals surface area (Å²) in [6.45, 7) is 0. The highest BCUT2D eigenvalue weighted by Gasteiger charge is 2.38. The Kier molecular flexibility index (Phi) is 12.0. The molecule has 15 nitrogen and oxygen atoms in total. The van der Waals surface area contributed by atoms with E-state index < -0.39 is 0 Å². The van der Waals surface area contributed by atoms with Crippen molar-refractivity contribution in [2.24, 2.45) is 0 Å². The Morgan fingerprint density at radius 3 is 0.604 bits per heavy atom. The van der Waals surface area contributed by atoms with Crippen molar-refractivity contribution in [3.8, 4) is 68.6 Å². The van der Waals surface area contributed by atoms with Gasteiger partial charge in [0.2, 0.25) is 0 Å². The molecule has 10 aromatic carbocycles. The van der Waals surface area contributed by atoms with Gasteiger partial charge in [-0.05, 0) is 164 Å². The molecule has 0 saturated carbocycles. The summed E-state index contributed by atoms with van der Waals surface area (Å²) in [7, 11) is 10.3. The van der Waals surface area contributed by atoms with Crippen molar-refractivity contribution in [2.45, 2.75) is 0 Å². The number of methoxy groups -OCH3 is 6. The zero-order valence-electron chi connectivity index (χ0n) is 53.0. The van der Waals surface area contributed by atoms with Crippen molar-refractivity contribution in [1.29, 1.82) is 0 Å². The minimum atomic E-state index is 0.704. The predicted molar refractivity (Wildman–Crippen MR) is 385 cm³/mol. The minimum Gasteiger partial charge on any atom is -0.497 e. The van der Waals surface area contributed by atoms with E-state index in [0.717, 1.165) is 165 Å². The van der Waals surface area contributed by atoms with Gasteiger partial charge in [0, 0.05) is 67.1 Å². The van der Waals surface area contributed by atoms with E-state index in [-0.39, 0.29) is 0 Å². The zero-order valence-corrected chi connectivity index (χ0v) is 53.0. The van der Waals surface area contributed by atoms with Crippen LogP contribution < -0.4 is 28.4 Å². The molecule has 0 radical (unpaired) electrons. The molecule has 15 heteroatoms. The van der Waals surface area contributed by atoms with Gasteiger partial charge < -0.3 is 55.8 Å². The van der Waals surface area contributed by atoms with Gasteiger partial charge in [0.05, 0.1) is 160 Å². The van der Waals surface area contributed by atoms with E-state index in [9.17, 15) is 0 Å². The Hall–Kier alpha value is -12.8. The quantitative estimate of drug-likeness (QED) is 0.118. The first kappa shape index (κ1) is 54.9. The summed E-state index contributed by atoms with van der Waals surface area (Å²) in [5, 5.41) is 8.58. The third-order valence-corrected chi connectivity index (χ3v) is 19.5. The molecule has 0 atom stereocenters. The molecule has 0 aliphatic rings. The van der Waals surface area contributed by atoms with Gasteiger partial charge in [-0.25, -0.2) is 0 Å². The van der Waals surface area contributed by atoms with E-state index in [1.165, 1.54) is 0 Å². The fraction of sp³-hybridized carbons (Fsp3) is 0.0741. The zero-order chi connectivity index (χ0) is 64.2. The molecule has 0 fully saturated rings. The smallest absolute Gasteiger partial charge is 0.119 e. The van der Waals surface area contributed by atoms with Gasteiger partial charge >= 0.3 is 0 Å². The molecule has 96 heavy (non-hydrogen) atoms. The van der Waals surface area contributed by atoms with Gasteiger partial charge in [0.25, 0.3) is 0 Å². The van der Waals surface area contributed by atoms with Gasteiger partial charge in [0.1, 0.15) is 34.5 Å². The van der Waals surface area contributed by atoms with E-state index in [1.54, 1.807) is 42.7 Å². The van der Waals surface area contributed by atoms with Crippen molar-refractivity contribution in [3.05, 3.63) is 237 Å². The van der Waals surface area contributed by atoms with Crippen molar-refractivity contribution < 1.29 is 28.4 Å². The normalized spacial score (nSPS) is 12.1. The fourth-order valence-electron chi connectivity index (χ4n) is 15.4. The van der Waals surface area contributed by atoms with Gasteiger partial charge in [-0.1, -0.05) is 54.6 Å². The summed E-state index contributed by atoms with van der Waals surface area (Å²) in [5.74, 6) is 4.23. The second kappa shape index (κ2) is 20.9. The molecular weight excluding hydrogens is 1190 g/mol. The summed E-state index contributed by atoms with van der Waals surface area (Å²) in [5.41, 5.74) is 18.2. The Morgan fingerprint density at radius 1 is 0.198 bits per heavy atom. The van der Waals surface area contributed by atoms with Crippen LogP contribution >= 0.6 is 0 Å². The Morgan fingerprint density at radius 2 is 0.385 bits per heavy atom. The van der Waals surface area contributed by atoms with Crippen molar-refractivity contribution in [2.75, 3.05) is 42.7 Å². The van der Waals surface area contributed by atoms with Gasteiger partial charge in [-0.2, -0.15) is 0 Å². The lowest BCUT2D eigenvalue weighted by Crippen LogP contribution is -2.20. The van der Waals surface area contributed by atoms with Crippen LogP contribution in [0.4, 0.5) is 0 Å². The molecule has 19 rings (SSSR count). The first-order valence-electron chi connectivity index (χ1n) is 31.7. The lowest BCUT2D eigenvalue weighted by atomic mass is 10.0. The number of para-hydroxylation sites is 3. The van der Waals surface area contributed by atoms with Crippen LogP contribution in [0.25, 0.3) is 165 Å². The van der Waals surface area contributed by atoms with Gasteiger partial charge in [-0.3, -0.25) is 15.0 Å². The van der Waals surface area contributed by atoms with Crippen LogP contribution in [0.1, 0.15) is 0 Å². The maximum absolute atomic E-state index is 6.18. The van der Waals surface area contributed by atoms with Gasteiger partial charge in [0.15, 0.2) is 0 Å². The van der Waals surface area contributed by atoms with E-state index >= 15 is 0 Å². The van der Waals surface area contributed by atoms with Crippen LogP contribution in [0, 0.1) is 0 Å². The number of pyridine rings is 3. The monoisotopic (exact) mass is 1250 g/mol. The number of aromatic nitrogens is 9. The average Bonchev–Trinajstić information content (AvgIpc) is 1.44. The molecule has 19 aromatic rings. The Labute approximate surface area is 547 Å². The molecule has 9 aromatic heterocycles. The molecule has 0 amide bonds. The second-order valence-electron chi connectivity index (χ2n) is 24.1. The van der Waals surface area contributed by atoms with E-state index in [4.69, 9.17) is 43.4 Å². The highest BCUT2D eigenvalue weighted by atomic mass is 16.5. The van der Waals surface area contributed by atoms with E-state index in [2.05, 4.69) is 228 Å². The maximum Gasteiger partial charge on any atom is 0.119 e. The molecule has 0 N–H and O–H groups in total. The molecule has 0 aliphatic heterocycles. The molecule has 462 valence electrons. The number of hydrogen-bond donors (Lipinski definition) is 0. The first-order chi connectivity index (χ1) is 47.4. The molecule has 0 aliphatic carbocycles. The molecule has 0 bridgehead atoms. The van der Waals surface area contributed by atoms with Crippen LogP contribution in [0.5, 0.6) is 34.5 Å². The van der Waals surface area contributed by atoms with Crippen LogP contribution in [-0.4, -0.2) is 85.0 Å². The lowest BCUT2D eigenvalue weighted by molar-refractivity contribution is 0.415. The highest BCUT2D eigenvalue weighted by Crippen LogP contribution is 2.55. The maximum atomic E-state index is 6.18. The molecule has 0 saturated heterocycles. The highest BCUT2D eigenvalue weighted by molar-refractivity contribution is 6.20. The Balaban J connectivity index is 1.24. The van der Waals surface area contributed by atoms with Crippen LogP contribution in [-0.2, 0) is 0 Å². The summed E-state index contributed by atoms with van der Waals surface area (Å²) in [6, 6.07) is 77.1. The van der Waals surface area contributed by atoms with E-state index in [1.807, 2.05) is 36.8 Å². The van der Waals surface area contributed by atoms with Gasteiger partial charge in [-0.15, -0.1) is 0 Å². The standard InChI is InChI=1S/C81H57N9O6/c1-91-46-25-31-64-55(40-46)56-41-47(92-2)26-32-65(56)85(64)76-79(88-61-19-10-7-16-52(61)73-70(88)22-13-37-82-73)77(86-66-33-27-48(93-3)42-57(66)58-43-49(94-4)28-34-67(58)86)81(90-63-21-12-9-18-54(63)75-72(90)24-15-39-84-75)78(80(76)89-62-20-11-8-17-53(62)74-71(89)23-14-38-83-74)87-68-35-29-50(95-5)44-59(68)60-45-51(96-6)30-36-69(60)87/h7-45H,1-6H3.